The molecule has 84 valence electrons. The van der Waals surface area contributed by atoms with Crippen LogP contribution in [0.3, 0.4) is 0 Å². The molecule has 0 N–H and O–H groups in total. The van der Waals surface area contributed by atoms with Gasteiger partial charge in [0.25, 0.3) is 0 Å². The fourth-order valence-corrected chi connectivity index (χ4v) is 1.99. The molecule has 0 saturated heterocycles. The average molecular weight is 279 g/mol. The third-order valence-corrected chi connectivity index (χ3v) is 2.69. The van der Waals surface area contributed by atoms with Crippen LogP contribution in [0.4, 0.5) is 0 Å². The Kier molecular flexibility index (Phi) is 2.94. The molecule has 0 aliphatic carbocycles. The third-order valence-electron chi connectivity index (χ3n) is 2.20. The summed E-state index contributed by atoms with van der Waals surface area (Å²) < 4.78 is 6.93. The molecule has 0 amide bonds. The topological polar surface area (TPSA) is 9.23 Å². The minimum absolute atomic E-state index is 0.153. The van der Waals surface area contributed by atoms with Crippen LogP contribution in [-0.4, -0.2) is 5.60 Å². The van der Waals surface area contributed by atoms with E-state index >= 15 is 0 Å². The number of benzene rings is 2. The van der Waals surface area contributed by atoms with E-state index in [1.54, 1.807) is 0 Å². The molecule has 0 aromatic heterocycles. The molecule has 0 unspecified atom stereocenters. The number of hydrogen-bond acceptors (Lipinski definition) is 1. The van der Waals surface area contributed by atoms with Crippen LogP contribution in [-0.2, 0) is 0 Å². The first-order valence-electron chi connectivity index (χ1n) is 5.32. The summed E-state index contributed by atoms with van der Waals surface area (Å²) in [7, 11) is 0. The normalized spacial score (nSPS) is 11.8. The van der Waals surface area contributed by atoms with Crippen molar-refractivity contribution in [3.05, 3.63) is 40.9 Å². The molecular weight excluding hydrogens is 264 g/mol. The van der Waals surface area contributed by atoms with Gasteiger partial charge < -0.3 is 4.74 Å². The lowest BCUT2D eigenvalue weighted by Crippen LogP contribution is -2.22. The highest BCUT2D eigenvalue weighted by molar-refractivity contribution is 9.10. The molecule has 2 heteroatoms. The van der Waals surface area contributed by atoms with E-state index in [4.69, 9.17) is 4.74 Å². The smallest absolute Gasteiger partial charge is 0.120 e. The average Bonchev–Trinajstić information content (AvgIpc) is 2.14. The van der Waals surface area contributed by atoms with Crippen molar-refractivity contribution in [1.29, 1.82) is 0 Å². The number of ether oxygens (including phenoxy) is 1. The van der Waals surface area contributed by atoms with Crippen molar-refractivity contribution in [2.24, 2.45) is 0 Å². The molecular formula is C14H15BrO. The van der Waals surface area contributed by atoms with Gasteiger partial charge in [-0.05, 0) is 55.8 Å². The summed E-state index contributed by atoms with van der Waals surface area (Å²) in [6, 6.07) is 12.4. The molecule has 0 aliphatic rings. The lowest BCUT2D eigenvalue weighted by molar-refractivity contribution is 0.131. The second-order valence-corrected chi connectivity index (χ2v) is 5.78. The Bertz CT molecular complexity index is 512. The fraction of sp³-hybridized carbons (Fsp3) is 0.286. The highest BCUT2D eigenvalue weighted by Gasteiger charge is 2.11. The minimum atomic E-state index is -0.153. The summed E-state index contributed by atoms with van der Waals surface area (Å²) in [5.41, 5.74) is -0.153. The zero-order valence-electron chi connectivity index (χ0n) is 9.75. The minimum Gasteiger partial charge on any atom is -0.488 e. The Morgan fingerprint density at radius 1 is 0.938 bits per heavy atom. The van der Waals surface area contributed by atoms with Crippen molar-refractivity contribution in [3.63, 3.8) is 0 Å². The van der Waals surface area contributed by atoms with Crippen LogP contribution in [0.15, 0.2) is 40.9 Å². The predicted molar refractivity (Wildman–Crippen MR) is 72.0 cm³/mol. The SMILES string of the molecule is CC(C)(C)Oc1ccc2ccc(Br)cc2c1. The Hall–Kier alpha value is -1.02. The maximum Gasteiger partial charge on any atom is 0.120 e. The standard InChI is InChI=1S/C14H15BrO/c1-14(2,3)16-13-7-5-10-4-6-12(15)8-11(10)9-13/h4-9H,1-3H3. The molecule has 1 nitrogen and oxygen atoms in total. The van der Waals surface area contributed by atoms with Crippen LogP contribution in [0.2, 0.25) is 0 Å². The number of fused-ring (bicyclic) bond motifs is 1. The molecule has 2 rings (SSSR count). The second-order valence-electron chi connectivity index (χ2n) is 4.87. The van der Waals surface area contributed by atoms with E-state index in [0.717, 1.165) is 10.2 Å². The molecule has 2 aromatic carbocycles. The highest BCUT2D eigenvalue weighted by atomic mass is 79.9. The van der Waals surface area contributed by atoms with Crippen molar-refractivity contribution >= 4 is 26.7 Å². The Balaban J connectivity index is 2.43. The van der Waals surface area contributed by atoms with E-state index in [-0.39, 0.29) is 5.60 Å². The molecule has 0 aliphatic heterocycles. The maximum absolute atomic E-state index is 5.83. The molecule has 0 atom stereocenters. The summed E-state index contributed by atoms with van der Waals surface area (Å²) in [6.45, 7) is 6.16. The summed E-state index contributed by atoms with van der Waals surface area (Å²) >= 11 is 3.48. The number of halogens is 1. The van der Waals surface area contributed by atoms with Gasteiger partial charge in [-0.25, -0.2) is 0 Å². The van der Waals surface area contributed by atoms with E-state index < -0.39 is 0 Å². The summed E-state index contributed by atoms with van der Waals surface area (Å²) in [6.07, 6.45) is 0. The van der Waals surface area contributed by atoms with Gasteiger partial charge in [0, 0.05) is 4.47 Å². The zero-order valence-corrected chi connectivity index (χ0v) is 11.3. The molecule has 0 heterocycles. The molecule has 0 saturated carbocycles. The van der Waals surface area contributed by atoms with Crippen LogP contribution in [0.25, 0.3) is 10.8 Å². The van der Waals surface area contributed by atoms with Gasteiger partial charge >= 0.3 is 0 Å². The van der Waals surface area contributed by atoms with Crippen molar-refractivity contribution in [3.8, 4) is 5.75 Å². The lowest BCUT2D eigenvalue weighted by Gasteiger charge is -2.21. The molecule has 0 radical (unpaired) electrons. The maximum atomic E-state index is 5.83. The van der Waals surface area contributed by atoms with Crippen LogP contribution in [0.1, 0.15) is 20.8 Å². The lowest BCUT2D eigenvalue weighted by atomic mass is 10.1. The Morgan fingerprint density at radius 3 is 2.31 bits per heavy atom. The third kappa shape index (κ3) is 2.76. The molecule has 0 spiro atoms. The summed E-state index contributed by atoms with van der Waals surface area (Å²) in [4.78, 5) is 0. The van der Waals surface area contributed by atoms with E-state index in [1.807, 2.05) is 12.1 Å². The van der Waals surface area contributed by atoms with Gasteiger partial charge in [0.05, 0.1) is 0 Å². The molecule has 0 fully saturated rings. The van der Waals surface area contributed by atoms with Gasteiger partial charge in [-0.1, -0.05) is 28.1 Å². The highest BCUT2D eigenvalue weighted by Crippen LogP contribution is 2.26. The van der Waals surface area contributed by atoms with Gasteiger partial charge in [0.1, 0.15) is 11.4 Å². The van der Waals surface area contributed by atoms with Crippen molar-refractivity contribution < 1.29 is 4.74 Å². The van der Waals surface area contributed by atoms with Gasteiger partial charge in [-0.3, -0.25) is 0 Å². The summed E-state index contributed by atoms with van der Waals surface area (Å²) in [5.74, 6) is 0.915. The largest absolute Gasteiger partial charge is 0.488 e. The van der Waals surface area contributed by atoms with Crippen LogP contribution in [0.5, 0.6) is 5.75 Å². The quantitative estimate of drug-likeness (QED) is 0.730. The first-order valence-corrected chi connectivity index (χ1v) is 6.12. The number of rotatable bonds is 1. The Morgan fingerprint density at radius 2 is 1.62 bits per heavy atom. The van der Waals surface area contributed by atoms with Crippen molar-refractivity contribution in [2.45, 2.75) is 26.4 Å². The van der Waals surface area contributed by atoms with Gasteiger partial charge in [0.15, 0.2) is 0 Å². The van der Waals surface area contributed by atoms with Crippen molar-refractivity contribution in [2.75, 3.05) is 0 Å². The first kappa shape index (κ1) is 11.5. The monoisotopic (exact) mass is 278 g/mol. The predicted octanol–water partition coefficient (Wildman–Crippen LogP) is 4.78. The van der Waals surface area contributed by atoms with Gasteiger partial charge in [0.2, 0.25) is 0 Å². The van der Waals surface area contributed by atoms with Crippen LogP contribution < -0.4 is 4.74 Å². The van der Waals surface area contributed by atoms with E-state index in [0.29, 0.717) is 0 Å². The molecule has 0 bridgehead atoms. The first-order chi connectivity index (χ1) is 7.44. The van der Waals surface area contributed by atoms with Gasteiger partial charge in [-0.2, -0.15) is 0 Å². The van der Waals surface area contributed by atoms with E-state index in [9.17, 15) is 0 Å². The molecule has 2 aromatic rings. The number of hydrogen-bond donors (Lipinski definition) is 0. The molecule has 16 heavy (non-hydrogen) atoms. The van der Waals surface area contributed by atoms with Crippen molar-refractivity contribution in [1.82, 2.24) is 0 Å². The fourth-order valence-electron chi connectivity index (χ4n) is 1.61. The van der Waals surface area contributed by atoms with Crippen LogP contribution >= 0.6 is 15.9 Å². The summed E-state index contributed by atoms with van der Waals surface area (Å²) in [5, 5.41) is 2.42. The van der Waals surface area contributed by atoms with E-state index in [1.165, 1.54) is 10.8 Å². The van der Waals surface area contributed by atoms with E-state index in [2.05, 4.69) is 61.0 Å². The second kappa shape index (κ2) is 4.10. The van der Waals surface area contributed by atoms with Gasteiger partial charge in [-0.15, -0.1) is 0 Å². The zero-order chi connectivity index (χ0) is 11.8. The van der Waals surface area contributed by atoms with Crippen LogP contribution in [0, 0.1) is 0 Å². The Labute approximate surface area is 105 Å².